The minimum absolute atomic E-state index is 0.904. The highest BCUT2D eigenvalue weighted by Crippen LogP contribution is 2.25. The van der Waals surface area contributed by atoms with Crippen molar-refractivity contribution in [1.82, 2.24) is 0 Å². The van der Waals surface area contributed by atoms with Crippen molar-refractivity contribution in [2.75, 3.05) is 5.32 Å². The Hall–Kier alpha value is -1.76. The molecular weight excluding hydrogens is 230 g/mol. The summed E-state index contributed by atoms with van der Waals surface area (Å²) in [5, 5.41) is 3.55. The summed E-state index contributed by atoms with van der Waals surface area (Å²) in [6, 6.07) is 13.6. The fraction of sp³-hybridized carbons (Fsp3) is 0.333. The van der Waals surface area contributed by atoms with E-state index in [0.717, 1.165) is 6.54 Å². The number of hydrogen-bond donors (Lipinski definition) is 1. The Labute approximate surface area is 115 Å². The van der Waals surface area contributed by atoms with Crippen molar-refractivity contribution in [2.45, 2.75) is 39.7 Å². The van der Waals surface area contributed by atoms with Gasteiger partial charge >= 0.3 is 0 Å². The molecule has 0 saturated carbocycles. The van der Waals surface area contributed by atoms with E-state index in [4.69, 9.17) is 0 Å². The zero-order valence-corrected chi connectivity index (χ0v) is 11.8. The van der Waals surface area contributed by atoms with Gasteiger partial charge in [0.25, 0.3) is 0 Å². The molecule has 0 unspecified atom stereocenters. The van der Waals surface area contributed by atoms with E-state index in [9.17, 15) is 0 Å². The summed E-state index contributed by atoms with van der Waals surface area (Å²) in [6.07, 6.45) is 3.82. The minimum Gasteiger partial charge on any atom is -0.381 e. The Morgan fingerprint density at radius 1 is 0.895 bits per heavy atom. The van der Waals surface area contributed by atoms with E-state index in [0.29, 0.717) is 0 Å². The summed E-state index contributed by atoms with van der Waals surface area (Å²) in [7, 11) is 0. The maximum atomic E-state index is 3.55. The van der Waals surface area contributed by atoms with Crippen LogP contribution in [0.5, 0.6) is 0 Å². The molecule has 0 fully saturated rings. The van der Waals surface area contributed by atoms with Crippen LogP contribution in [0.2, 0.25) is 0 Å². The number of anilines is 1. The zero-order chi connectivity index (χ0) is 13.2. The monoisotopic (exact) mass is 251 g/mol. The van der Waals surface area contributed by atoms with Gasteiger partial charge < -0.3 is 5.32 Å². The lowest BCUT2D eigenvalue weighted by Gasteiger charge is -2.10. The van der Waals surface area contributed by atoms with Gasteiger partial charge in [-0.3, -0.25) is 0 Å². The summed E-state index contributed by atoms with van der Waals surface area (Å²) < 4.78 is 0. The molecule has 0 saturated heterocycles. The van der Waals surface area contributed by atoms with E-state index >= 15 is 0 Å². The first-order valence-corrected chi connectivity index (χ1v) is 7.13. The fourth-order valence-corrected chi connectivity index (χ4v) is 3.06. The van der Waals surface area contributed by atoms with Crippen LogP contribution in [0.4, 0.5) is 5.69 Å². The van der Waals surface area contributed by atoms with Crippen molar-refractivity contribution in [3.8, 4) is 0 Å². The van der Waals surface area contributed by atoms with E-state index in [1.165, 1.54) is 52.8 Å². The highest BCUT2D eigenvalue weighted by molar-refractivity contribution is 5.50. The van der Waals surface area contributed by atoms with E-state index in [-0.39, 0.29) is 0 Å². The summed E-state index contributed by atoms with van der Waals surface area (Å²) in [5.74, 6) is 0. The topological polar surface area (TPSA) is 12.0 Å². The molecule has 2 aromatic rings. The Morgan fingerprint density at radius 2 is 1.63 bits per heavy atom. The molecule has 19 heavy (non-hydrogen) atoms. The summed E-state index contributed by atoms with van der Waals surface area (Å²) in [6.45, 7) is 5.22. The van der Waals surface area contributed by atoms with E-state index in [2.05, 4.69) is 55.6 Å². The first-order valence-electron chi connectivity index (χ1n) is 7.13. The van der Waals surface area contributed by atoms with Crippen LogP contribution in [-0.2, 0) is 19.4 Å². The van der Waals surface area contributed by atoms with Crippen molar-refractivity contribution in [3.05, 3.63) is 64.2 Å². The van der Waals surface area contributed by atoms with E-state index in [1.54, 1.807) is 0 Å². The second kappa shape index (κ2) is 5.08. The van der Waals surface area contributed by atoms with Gasteiger partial charge in [0.05, 0.1) is 0 Å². The molecule has 0 bridgehead atoms. The van der Waals surface area contributed by atoms with Crippen molar-refractivity contribution < 1.29 is 0 Å². The fourth-order valence-electron chi connectivity index (χ4n) is 3.06. The number of aryl methyl sites for hydroxylation is 4. The Morgan fingerprint density at radius 3 is 2.42 bits per heavy atom. The van der Waals surface area contributed by atoms with Crippen molar-refractivity contribution >= 4 is 5.69 Å². The first-order chi connectivity index (χ1) is 9.20. The van der Waals surface area contributed by atoms with Crippen LogP contribution >= 0.6 is 0 Å². The van der Waals surface area contributed by atoms with Crippen LogP contribution in [0.25, 0.3) is 0 Å². The molecule has 3 rings (SSSR count). The molecule has 0 heterocycles. The predicted octanol–water partition coefficient (Wildman–Crippen LogP) is 4.40. The van der Waals surface area contributed by atoms with Crippen molar-refractivity contribution in [1.29, 1.82) is 0 Å². The van der Waals surface area contributed by atoms with Gasteiger partial charge in [0.1, 0.15) is 0 Å². The van der Waals surface area contributed by atoms with Crippen LogP contribution in [0.1, 0.15) is 34.2 Å². The van der Waals surface area contributed by atoms with E-state index in [1.807, 2.05) is 0 Å². The molecule has 0 amide bonds. The third-order valence-electron chi connectivity index (χ3n) is 3.88. The number of benzene rings is 2. The molecule has 0 atom stereocenters. The Balaban J connectivity index is 1.72. The maximum Gasteiger partial charge on any atom is 0.0400 e. The average molecular weight is 251 g/mol. The molecule has 1 aliphatic carbocycles. The SMILES string of the molecule is Cc1cc(C)cc(CNc2ccc3c(c2)CCC3)c1. The third-order valence-corrected chi connectivity index (χ3v) is 3.88. The quantitative estimate of drug-likeness (QED) is 0.852. The normalized spacial score (nSPS) is 13.4. The van der Waals surface area contributed by atoms with Crippen LogP contribution < -0.4 is 5.32 Å². The molecule has 2 aromatic carbocycles. The molecule has 1 nitrogen and oxygen atoms in total. The molecule has 0 radical (unpaired) electrons. The highest BCUT2D eigenvalue weighted by atomic mass is 14.9. The number of nitrogens with one attached hydrogen (secondary N) is 1. The summed E-state index contributed by atoms with van der Waals surface area (Å²) >= 11 is 0. The summed E-state index contributed by atoms with van der Waals surface area (Å²) in [4.78, 5) is 0. The Kier molecular flexibility index (Phi) is 3.29. The smallest absolute Gasteiger partial charge is 0.0400 e. The van der Waals surface area contributed by atoms with Gasteiger partial charge in [0, 0.05) is 12.2 Å². The standard InChI is InChI=1S/C18H21N/c1-13-8-14(2)10-15(9-13)12-19-18-7-6-16-4-3-5-17(16)11-18/h6-11,19H,3-5,12H2,1-2H3. The minimum atomic E-state index is 0.904. The molecular formula is C18H21N. The highest BCUT2D eigenvalue weighted by Gasteiger charge is 2.10. The predicted molar refractivity (Wildman–Crippen MR) is 81.7 cm³/mol. The molecule has 1 heteroatoms. The van der Waals surface area contributed by atoms with Crippen LogP contribution in [0.3, 0.4) is 0 Å². The molecule has 0 aliphatic heterocycles. The number of fused-ring (bicyclic) bond motifs is 1. The van der Waals surface area contributed by atoms with Crippen LogP contribution in [0, 0.1) is 13.8 Å². The van der Waals surface area contributed by atoms with Gasteiger partial charge in [0.15, 0.2) is 0 Å². The van der Waals surface area contributed by atoms with Gasteiger partial charge in [-0.05, 0) is 61.9 Å². The zero-order valence-electron chi connectivity index (χ0n) is 11.8. The van der Waals surface area contributed by atoms with Crippen LogP contribution in [-0.4, -0.2) is 0 Å². The molecule has 0 spiro atoms. The largest absolute Gasteiger partial charge is 0.381 e. The van der Waals surface area contributed by atoms with Crippen LogP contribution in [0.15, 0.2) is 36.4 Å². The molecule has 1 N–H and O–H groups in total. The third kappa shape index (κ3) is 2.81. The van der Waals surface area contributed by atoms with Crippen molar-refractivity contribution in [3.63, 3.8) is 0 Å². The molecule has 0 aromatic heterocycles. The van der Waals surface area contributed by atoms with Gasteiger partial charge in [-0.25, -0.2) is 0 Å². The second-order valence-electron chi connectivity index (χ2n) is 5.69. The van der Waals surface area contributed by atoms with E-state index < -0.39 is 0 Å². The van der Waals surface area contributed by atoms with Gasteiger partial charge in [0.2, 0.25) is 0 Å². The van der Waals surface area contributed by atoms with Gasteiger partial charge in [-0.2, -0.15) is 0 Å². The van der Waals surface area contributed by atoms with Crippen molar-refractivity contribution in [2.24, 2.45) is 0 Å². The number of rotatable bonds is 3. The van der Waals surface area contributed by atoms with Gasteiger partial charge in [-0.1, -0.05) is 35.4 Å². The summed E-state index contributed by atoms with van der Waals surface area (Å²) in [5.41, 5.74) is 8.36. The maximum absolute atomic E-state index is 3.55. The Bertz CT molecular complexity index is 578. The lowest BCUT2D eigenvalue weighted by molar-refractivity contribution is 0.912. The second-order valence-corrected chi connectivity index (χ2v) is 5.69. The molecule has 98 valence electrons. The molecule has 1 aliphatic rings. The average Bonchev–Trinajstić information content (AvgIpc) is 2.82. The van der Waals surface area contributed by atoms with Gasteiger partial charge in [-0.15, -0.1) is 0 Å². The lowest BCUT2D eigenvalue weighted by Crippen LogP contribution is -2.00. The first kappa shape index (κ1) is 12.3. The lowest BCUT2D eigenvalue weighted by atomic mass is 10.1. The number of hydrogen-bond acceptors (Lipinski definition) is 1.